The van der Waals surface area contributed by atoms with Crippen molar-refractivity contribution in [3.63, 3.8) is 0 Å². The number of nitrogens with zero attached hydrogens (tertiary/aromatic N) is 8. The molecule has 18 heteroatoms. The molecule has 6 N–H and O–H groups in total. The van der Waals surface area contributed by atoms with Crippen molar-refractivity contribution < 1.29 is 29.7 Å². The van der Waals surface area contributed by atoms with Crippen molar-refractivity contribution >= 4 is 46.4 Å². The number of H-pyrrole nitrogens is 1. The molecule has 17 nitrogen and oxygen atoms in total. The minimum absolute atomic E-state index is 0.0120. The smallest absolute Gasteiger partial charge is 0.318 e. The molecule has 3 aromatic heterocycles. The number of urea groups is 1. The van der Waals surface area contributed by atoms with Crippen LogP contribution in [0.2, 0.25) is 5.02 Å². The Balaban J connectivity index is 0.774. The van der Waals surface area contributed by atoms with E-state index in [-0.39, 0.29) is 50.4 Å². The highest BCUT2D eigenvalue weighted by atomic mass is 35.5. The normalized spacial score (nSPS) is 20.8. The lowest BCUT2D eigenvalue weighted by Gasteiger charge is -2.43. The van der Waals surface area contributed by atoms with Crippen molar-refractivity contribution in [1.29, 1.82) is 0 Å². The quantitative estimate of drug-likeness (QED) is 0.0881. The summed E-state index contributed by atoms with van der Waals surface area (Å²) in [6.45, 7) is 9.26. The number of carbonyl (C=O) groups excluding carboxylic acids is 3. The highest BCUT2D eigenvalue weighted by molar-refractivity contribution is 6.31. The Morgan fingerprint density at radius 2 is 1.74 bits per heavy atom. The number of para-hydroxylation sites is 1. The molecule has 0 bridgehead atoms. The maximum Gasteiger partial charge on any atom is 0.318 e. The lowest BCUT2D eigenvalue weighted by molar-refractivity contribution is -0.142. The highest BCUT2D eigenvalue weighted by Gasteiger charge is 2.46. The number of terminal acetylenes is 1. The molecular formula is C52H62ClN11O6. The van der Waals surface area contributed by atoms with Gasteiger partial charge in [0.25, 0.3) is 0 Å². The van der Waals surface area contributed by atoms with Crippen LogP contribution in [0.5, 0.6) is 5.75 Å². The third-order valence-corrected chi connectivity index (χ3v) is 15.5. The summed E-state index contributed by atoms with van der Waals surface area (Å²) in [4.78, 5) is 63.1. The third-order valence-electron chi connectivity index (χ3n) is 15.1. The van der Waals surface area contributed by atoms with Crippen molar-refractivity contribution in [2.24, 2.45) is 5.41 Å². The molecule has 2 aromatic carbocycles. The molecule has 0 radical (unpaired) electrons. The molecule has 0 aliphatic carbocycles. The Labute approximate surface area is 413 Å². The van der Waals surface area contributed by atoms with Crippen LogP contribution >= 0.6 is 11.6 Å². The van der Waals surface area contributed by atoms with Gasteiger partial charge >= 0.3 is 6.03 Å². The Morgan fingerprint density at radius 3 is 2.44 bits per heavy atom. The minimum atomic E-state index is -1.06. The van der Waals surface area contributed by atoms with E-state index in [2.05, 4.69) is 48.5 Å². The number of aromatic amines is 1. The Morgan fingerprint density at radius 1 is 1.00 bits per heavy atom. The van der Waals surface area contributed by atoms with Gasteiger partial charge in [0, 0.05) is 103 Å². The molecule has 4 amide bonds. The van der Waals surface area contributed by atoms with Crippen molar-refractivity contribution in [2.75, 3.05) is 50.8 Å². The summed E-state index contributed by atoms with van der Waals surface area (Å²) in [5.41, 5.74) is 5.77. The van der Waals surface area contributed by atoms with E-state index >= 15 is 0 Å². The third kappa shape index (κ3) is 10.0. The monoisotopic (exact) mass is 971 g/mol. The topological polar surface area (TPSA) is 216 Å². The van der Waals surface area contributed by atoms with Gasteiger partial charge in [-0.1, -0.05) is 49.6 Å². The lowest BCUT2D eigenvalue weighted by atomic mass is 9.80. The number of benzene rings is 2. The van der Waals surface area contributed by atoms with Crippen LogP contribution in [0.3, 0.4) is 0 Å². The molecule has 7 heterocycles. The summed E-state index contributed by atoms with van der Waals surface area (Å²) in [5.74, 6) is 2.78. The molecule has 3 saturated heterocycles. The summed E-state index contributed by atoms with van der Waals surface area (Å²) in [6.07, 6.45) is 13.1. The van der Waals surface area contributed by atoms with Gasteiger partial charge in [-0.15, -0.1) is 16.6 Å². The largest absolute Gasteiger partial charge is 0.507 e. The van der Waals surface area contributed by atoms with Gasteiger partial charge in [-0.3, -0.25) is 9.59 Å². The number of β-amino-alcohol motifs (C(OH)–C–C–N with tert-alkyl or cyclic N) is 1. The second-order valence-corrected chi connectivity index (χ2v) is 20.3. The molecule has 3 fully saturated rings. The number of piperidine rings is 2. The number of likely N-dealkylation sites (tertiary alicyclic amines) is 3. The number of phenolic OH excluding ortho intramolecular Hbond substituents is 1. The zero-order valence-electron chi connectivity index (χ0n) is 39.9. The van der Waals surface area contributed by atoms with Crippen molar-refractivity contribution in [2.45, 2.75) is 108 Å². The van der Waals surface area contributed by atoms with Gasteiger partial charge in [-0.2, -0.15) is 0 Å². The van der Waals surface area contributed by atoms with Crippen LogP contribution in [0.4, 0.5) is 10.7 Å². The van der Waals surface area contributed by atoms with Gasteiger partial charge < -0.3 is 50.5 Å². The number of fused-ring (bicyclic) bond motifs is 3. The molecule has 0 unspecified atom stereocenters. The maximum atomic E-state index is 14.4. The first-order chi connectivity index (χ1) is 33.7. The summed E-state index contributed by atoms with van der Waals surface area (Å²) < 4.78 is 0. The summed E-state index contributed by atoms with van der Waals surface area (Å²) >= 11 is 6.39. The molecule has 368 valence electrons. The number of aliphatic hydroxyl groups excluding tert-OH is 2. The maximum absolute atomic E-state index is 14.4. The molecular weight excluding hydrogens is 910 g/mol. The number of aromatic hydroxyl groups is 1. The number of hydrogen-bond acceptors (Lipinski definition) is 12. The van der Waals surface area contributed by atoms with Crippen LogP contribution in [0.15, 0.2) is 60.9 Å². The predicted octanol–water partition coefficient (Wildman–Crippen LogP) is 5.29. The molecule has 0 spiro atoms. The molecule has 0 saturated carbocycles. The van der Waals surface area contributed by atoms with E-state index in [4.69, 9.17) is 28.0 Å². The van der Waals surface area contributed by atoms with Crippen LogP contribution < -0.4 is 15.5 Å². The number of phenols is 1. The summed E-state index contributed by atoms with van der Waals surface area (Å²) in [7, 11) is 0. The van der Waals surface area contributed by atoms with E-state index in [9.17, 15) is 29.7 Å². The van der Waals surface area contributed by atoms with Crippen molar-refractivity contribution in [3.05, 3.63) is 93.9 Å². The molecule has 4 atom stereocenters. The number of nitrogens with one attached hydrogen (secondary N) is 3. The number of halogens is 1. The predicted molar refractivity (Wildman–Crippen MR) is 266 cm³/mol. The average molecular weight is 973 g/mol. The molecule has 4 aliphatic rings. The fraction of sp³-hybridized carbons (Fsp3) is 0.481. The van der Waals surface area contributed by atoms with E-state index in [1.165, 1.54) is 4.90 Å². The molecule has 9 rings (SSSR count). The SMILES string of the molecule is C#Cc1ccc(CNC(=O)[C@@H]2C[C@@H](O)CN2C(=O)[C@H](NC(=O)N2CCC(N3CCC(c4cnc(N5CCc6[nH]c7nnc(-c8ccccc8O)cc7c6[C@H]5C)nc4)CC3)CC2)C(C)(C)CCO)c(Cl)c1. The Bertz CT molecular complexity index is 2760. The summed E-state index contributed by atoms with van der Waals surface area (Å²) in [6, 6.07) is 12.2. The molecule has 70 heavy (non-hydrogen) atoms. The van der Waals surface area contributed by atoms with E-state index in [1.54, 1.807) is 35.2 Å². The fourth-order valence-electron chi connectivity index (χ4n) is 10.9. The number of rotatable bonds is 12. The van der Waals surface area contributed by atoms with E-state index in [0.717, 1.165) is 79.6 Å². The lowest BCUT2D eigenvalue weighted by Crippen LogP contribution is -2.61. The number of carbonyl (C=O) groups is 3. The van der Waals surface area contributed by atoms with Gasteiger partial charge in [0.2, 0.25) is 17.8 Å². The van der Waals surface area contributed by atoms with Crippen LogP contribution in [0.1, 0.15) is 99.2 Å². The fourth-order valence-corrected chi connectivity index (χ4v) is 11.2. The Hall–Kier alpha value is -6.32. The number of anilines is 1. The van der Waals surface area contributed by atoms with E-state index < -0.39 is 35.4 Å². The van der Waals surface area contributed by atoms with Gasteiger partial charge in [-0.25, -0.2) is 14.8 Å². The highest BCUT2D eigenvalue weighted by Crippen LogP contribution is 2.39. The number of aromatic nitrogens is 5. The average Bonchev–Trinajstić information content (AvgIpc) is 3.96. The second kappa shape index (κ2) is 20.6. The first-order valence-corrected chi connectivity index (χ1v) is 24.8. The van der Waals surface area contributed by atoms with Crippen LogP contribution in [-0.4, -0.2) is 143 Å². The van der Waals surface area contributed by atoms with Gasteiger partial charge in [0.15, 0.2) is 5.65 Å². The number of amides is 4. The van der Waals surface area contributed by atoms with E-state index in [0.29, 0.717) is 58.4 Å². The first kappa shape index (κ1) is 48.7. The molecule has 4 aliphatic heterocycles. The first-order valence-electron chi connectivity index (χ1n) is 24.4. The zero-order chi connectivity index (χ0) is 49.3. The molecule has 5 aromatic rings. The van der Waals surface area contributed by atoms with Crippen molar-refractivity contribution in [3.8, 4) is 29.4 Å². The van der Waals surface area contributed by atoms with Crippen LogP contribution in [0.25, 0.3) is 22.3 Å². The Kier molecular flexibility index (Phi) is 14.3. The van der Waals surface area contributed by atoms with Gasteiger partial charge in [0.1, 0.15) is 17.8 Å². The summed E-state index contributed by atoms with van der Waals surface area (Å²) in [5, 5.41) is 47.3. The number of aliphatic hydroxyl groups is 2. The number of hydrogen-bond donors (Lipinski definition) is 6. The standard InChI is InChI=1S/C52H62ClN11O6/c1-5-32-10-11-34(40(53)24-32)27-54-48(68)43-25-37(66)30-64(43)49(69)46(52(3,4)17-23-65)58-51(70)62-20-14-36(15-21-62)61-18-12-33(13-19-61)35-28-55-50(56-29-35)63-22-16-41-45(31(63)2)39-26-42(59-60-47(39)57-41)38-8-6-7-9-44(38)67/h1,6-11,24,26,28-29,31,33,36-37,43,46,65-67H,12-23,25,27,30H2,2-4H3,(H,54,68)(H,57,60)(H,58,70)/t31-,37-,43+,46+/m1/s1. The van der Waals surface area contributed by atoms with E-state index in [1.807, 2.05) is 44.4 Å². The minimum Gasteiger partial charge on any atom is -0.507 e. The van der Waals surface area contributed by atoms with Gasteiger partial charge in [-0.05, 0) is 105 Å². The zero-order valence-corrected chi connectivity index (χ0v) is 40.7. The van der Waals surface area contributed by atoms with Crippen molar-refractivity contribution in [1.82, 2.24) is 50.5 Å². The van der Waals surface area contributed by atoms with Gasteiger partial charge in [0.05, 0.1) is 17.8 Å². The van der Waals surface area contributed by atoms with Crippen LogP contribution in [-0.2, 0) is 22.6 Å². The second-order valence-electron chi connectivity index (χ2n) is 19.9. The van der Waals surface area contributed by atoms with Crippen LogP contribution in [0, 0.1) is 17.8 Å².